The number of pyridine rings is 1. The van der Waals surface area contributed by atoms with Gasteiger partial charge in [-0.15, -0.1) is 0 Å². The fraction of sp³-hybridized carbons (Fsp3) is 0.300. The van der Waals surface area contributed by atoms with E-state index in [-0.39, 0.29) is 11.9 Å². The lowest BCUT2D eigenvalue weighted by Gasteiger charge is -2.27. The lowest BCUT2D eigenvalue weighted by atomic mass is 10.1. The van der Waals surface area contributed by atoms with Gasteiger partial charge in [-0.1, -0.05) is 6.92 Å². The largest absolute Gasteiger partial charge is 0.377 e. The fourth-order valence-electron chi connectivity index (χ4n) is 3.55. The molecule has 0 bridgehead atoms. The first kappa shape index (κ1) is 17.6. The molecule has 1 aliphatic heterocycles. The molecule has 5 heterocycles. The Kier molecular flexibility index (Phi) is 4.17. The molecule has 2 N–H and O–H groups in total. The van der Waals surface area contributed by atoms with Crippen molar-refractivity contribution in [3.63, 3.8) is 0 Å². The number of ether oxygens (including phenoxy) is 1. The molecule has 4 aromatic rings. The molecule has 0 unspecified atom stereocenters. The van der Waals surface area contributed by atoms with Crippen LogP contribution in [-0.2, 0) is 9.53 Å². The Bertz CT molecular complexity index is 1220. The van der Waals surface area contributed by atoms with Gasteiger partial charge in [0.25, 0.3) is 0 Å². The van der Waals surface area contributed by atoms with E-state index in [0.717, 1.165) is 28.1 Å². The summed E-state index contributed by atoms with van der Waals surface area (Å²) in [6, 6.07) is 6.21. The average molecular weight is 391 g/mol. The molecule has 0 atom stereocenters. The maximum Gasteiger partial charge on any atom is 0.224 e. The monoisotopic (exact) mass is 391 g/mol. The van der Waals surface area contributed by atoms with Gasteiger partial charge in [0.2, 0.25) is 5.91 Å². The first-order valence-corrected chi connectivity index (χ1v) is 9.59. The van der Waals surface area contributed by atoms with Crippen LogP contribution in [0.2, 0.25) is 0 Å². The van der Waals surface area contributed by atoms with Crippen molar-refractivity contribution in [1.82, 2.24) is 24.1 Å². The first-order valence-electron chi connectivity index (χ1n) is 9.59. The molecule has 4 aromatic heterocycles. The molecule has 9 heteroatoms. The molecule has 9 nitrogen and oxygen atoms in total. The zero-order valence-electron chi connectivity index (χ0n) is 16.2. The number of hydrogen-bond acceptors (Lipinski definition) is 6. The predicted octanol–water partition coefficient (Wildman–Crippen LogP) is 2.71. The van der Waals surface area contributed by atoms with Gasteiger partial charge in [-0.25, -0.2) is 9.97 Å². The van der Waals surface area contributed by atoms with Crippen LogP contribution in [0.3, 0.4) is 0 Å². The number of amides is 1. The highest BCUT2D eigenvalue weighted by molar-refractivity contribution is 5.96. The van der Waals surface area contributed by atoms with Crippen molar-refractivity contribution in [2.75, 3.05) is 30.9 Å². The first-order chi connectivity index (χ1) is 14.2. The topological polar surface area (TPSA) is 98.4 Å². The third kappa shape index (κ3) is 2.82. The Labute approximate surface area is 166 Å². The maximum atomic E-state index is 11.9. The zero-order valence-corrected chi connectivity index (χ0v) is 16.2. The SMILES string of the molecule is CCC(=O)Nc1cnn2c(NC)cc(-c3cn(C4COC4)c4ncccc34)nc12. The van der Waals surface area contributed by atoms with Crippen LogP contribution in [0.1, 0.15) is 19.4 Å². The van der Waals surface area contributed by atoms with Crippen molar-refractivity contribution in [3.05, 3.63) is 36.8 Å². The molecule has 1 saturated heterocycles. The summed E-state index contributed by atoms with van der Waals surface area (Å²) in [6.45, 7) is 3.18. The van der Waals surface area contributed by atoms with Crippen LogP contribution in [0.15, 0.2) is 36.8 Å². The van der Waals surface area contributed by atoms with E-state index in [1.807, 2.05) is 26.1 Å². The summed E-state index contributed by atoms with van der Waals surface area (Å²) in [7, 11) is 1.83. The number of rotatable bonds is 5. The highest BCUT2D eigenvalue weighted by atomic mass is 16.5. The highest BCUT2D eigenvalue weighted by Gasteiger charge is 2.25. The van der Waals surface area contributed by atoms with Crippen LogP contribution in [-0.4, -0.2) is 50.3 Å². The summed E-state index contributed by atoms with van der Waals surface area (Å²) >= 11 is 0. The maximum absolute atomic E-state index is 11.9. The molecule has 1 fully saturated rings. The van der Waals surface area contributed by atoms with Gasteiger partial charge in [0.1, 0.15) is 17.2 Å². The van der Waals surface area contributed by atoms with Crippen LogP contribution >= 0.6 is 0 Å². The van der Waals surface area contributed by atoms with Crippen LogP contribution in [0.4, 0.5) is 11.5 Å². The van der Waals surface area contributed by atoms with Gasteiger partial charge in [-0.05, 0) is 12.1 Å². The Morgan fingerprint density at radius 3 is 2.93 bits per heavy atom. The minimum atomic E-state index is -0.0797. The summed E-state index contributed by atoms with van der Waals surface area (Å²) in [5.74, 6) is 0.697. The number of carbonyl (C=O) groups is 1. The lowest BCUT2D eigenvalue weighted by molar-refractivity contribution is -0.115. The summed E-state index contributed by atoms with van der Waals surface area (Å²) in [5.41, 5.74) is 3.85. The van der Waals surface area contributed by atoms with Crippen LogP contribution in [0.25, 0.3) is 27.9 Å². The quantitative estimate of drug-likeness (QED) is 0.543. The van der Waals surface area contributed by atoms with Gasteiger partial charge in [0.05, 0.1) is 31.1 Å². The molecule has 0 saturated carbocycles. The number of hydrogen-bond donors (Lipinski definition) is 2. The molecule has 29 heavy (non-hydrogen) atoms. The minimum Gasteiger partial charge on any atom is -0.377 e. The third-order valence-corrected chi connectivity index (χ3v) is 5.20. The average Bonchev–Trinajstić information content (AvgIpc) is 3.28. The number of carbonyl (C=O) groups excluding carboxylic acids is 1. The third-order valence-electron chi connectivity index (χ3n) is 5.20. The highest BCUT2D eigenvalue weighted by Crippen LogP contribution is 2.34. The standard InChI is InChI=1S/C20H21N7O2/c1-3-18(28)24-16-8-23-27-17(21-2)7-15(25-20(16)27)14-9-26(12-10-29-11-12)19-13(14)5-4-6-22-19/h4-9,12,21H,3,10-11H2,1-2H3,(H,24,28). The van der Waals surface area contributed by atoms with E-state index in [2.05, 4.69) is 37.5 Å². The Balaban J connectivity index is 1.71. The van der Waals surface area contributed by atoms with E-state index >= 15 is 0 Å². The number of fused-ring (bicyclic) bond motifs is 2. The minimum absolute atomic E-state index is 0.0797. The van der Waals surface area contributed by atoms with Crippen LogP contribution in [0.5, 0.6) is 0 Å². The number of aromatic nitrogens is 5. The summed E-state index contributed by atoms with van der Waals surface area (Å²) in [5, 5.41) is 11.4. The second-order valence-corrected chi connectivity index (χ2v) is 6.99. The van der Waals surface area contributed by atoms with Crippen LogP contribution < -0.4 is 10.6 Å². The molecule has 0 spiro atoms. The molecule has 5 rings (SSSR count). The van der Waals surface area contributed by atoms with Crippen molar-refractivity contribution in [2.24, 2.45) is 0 Å². The van der Waals surface area contributed by atoms with E-state index in [1.165, 1.54) is 0 Å². The number of nitrogens with one attached hydrogen (secondary N) is 2. The molecular weight excluding hydrogens is 370 g/mol. The summed E-state index contributed by atoms with van der Waals surface area (Å²) < 4.78 is 9.22. The summed E-state index contributed by atoms with van der Waals surface area (Å²) in [6.07, 6.45) is 5.90. The molecule has 148 valence electrons. The fourth-order valence-corrected chi connectivity index (χ4v) is 3.55. The number of anilines is 2. The molecule has 0 aromatic carbocycles. The molecular formula is C20H21N7O2. The van der Waals surface area contributed by atoms with Gasteiger partial charge in [-0.3, -0.25) is 4.79 Å². The van der Waals surface area contributed by atoms with E-state index in [0.29, 0.717) is 31.0 Å². The van der Waals surface area contributed by atoms with Crippen molar-refractivity contribution in [1.29, 1.82) is 0 Å². The van der Waals surface area contributed by atoms with Crippen molar-refractivity contribution < 1.29 is 9.53 Å². The normalized spacial score (nSPS) is 14.3. The van der Waals surface area contributed by atoms with Gasteiger partial charge in [-0.2, -0.15) is 9.61 Å². The second-order valence-electron chi connectivity index (χ2n) is 6.99. The Morgan fingerprint density at radius 1 is 1.34 bits per heavy atom. The summed E-state index contributed by atoms with van der Waals surface area (Å²) in [4.78, 5) is 21.3. The lowest BCUT2D eigenvalue weighted by Crippen LogP contribution is -2.30. The molecule has 0 radical (unpaired) electrons. The molecule has 0 aliphatic carbocycles. The van der Waals surface area contributed by atoms with Gasteiger partial charge in [0, 0.05) is 42.9 Å². The van der Waals surface area contributed by atoms with E-state index in [1.54, 1.807) is 16.9 Å². The zero-order chi connectivity index (χ0) is 20.0. The van der Waals surface area contributed by atoms with Gasteiger partial charge in [0.15, 0.2) is 5.65 Å². The number of nitrogens with zero attached hydrogens (tertiary/aromatic N) is 5. The van der Waals surface area contributed by atoms with Gasteiger partial charge >= 0.3 is 0 Å². The smallest absolute Gasteiger partial charge is 0.224 e. The van der Waals surface area contributed by atoms with Crippen molar-refractivity contribution in [2.45, 2.75) is 19.4 Å². The molecule has 1 aliphatic rings. The van der Waals surface area contributed by atoms with Crippen LogP contribution in [0, 0.1) is 0 Å². The van der Waals surface area contributed by atoms with E-state index in [9.17, 15) is 4.79 Å². The Hall–Kier alpha value is -3.46. The second kappa shape index (κ2) is 6.85. The molecule has 1 amide bonds. The van der Waals surface area contributed by atoms with E-state index in [4.69, 9.17) is 9.72 Å². The Morgan fingerprint density at radius 2 is 2.21 bits per heavy atom. The van der Waals surface area contributed by atoms with Crippen molar-refractivity contribution >= 4 is 34.1 Å². The van der Waals surface area contributed by atoms with E-state index < -0.39 is 0 Å². The van der Waals surface area contributed by atoms with Gasteiger partial charge < -0.3 is 19.9 Å². The predicted molar refractivity (Wildman–Crippen MR) is 110 cm³/mol. The van der Waals surface area contributed by atoms with Crippen molar-refractivity contribution in [3.8, 4) is 11.3 Å².